The Morgan fingerprint density at radius 1 is 1.64 bits per heavy atom. The molecule has 1 atom stereocenters. The van der Waals surface area contributed by atoms with Crippen LogP contribution in [0.25, 0.3) is 0 Å². The molecule has 3 nitrogen and oxygen atoms in total. The van der Waals surface area contributed by atoms with Gasteiger partial charge in [-0.1, -0.05) is 13.8 Å². The third-order valence-electron chi connectivity index (χ3n) is 2.70. The third-order valence-corrected chi connectivity index (χ3v) is 2.70. The second kappa shape index (κ2) is 5.79. The van der Waals surface area contributed by atoms with Crippen molar-refractivity contribution in [3.8, 4) is 0 Å². The number of ether oxygens (including phenoxy) is 1. The van der Waals surface area contributed by atoms with Crippen LogP contribution in [0.2, 0.25) is 0 Å². The molecule has 0 radical (unpaired) electrons. The van der Waals surface area contributed by atoms with Crippen molar-refractivity contribution < 1.29 is 44.2 Å². The molecule has 0 N–H and O–H groups in total. The molecule has 0 bridgehead atoms. The zero-order chi connectivity index (χ0) is 9.90. The largest absolute Gasteiger partial charge is 1.00 e. The number of carboxylic acids is 1. The third kappa shape index (κ3) is 2.75. The summed E-state index contributed by atoms with van der Waals surface area (Å²) in [5, 5.41) is 10.8. The number of rotatable bonds is 3. The molecule has 0 saturated carbocycles. The summed E-state index contributed by atoms with van der Waals surface area (Å²) in [5.74, 6) is -1.10. The van der Waals surface area contributed by atoms with Gasteiger partial charge in [-0.15, -0.1) is 0 Å². The summed E-state index contributed by atoms with van der Waals surface area (Å²) in [6, 6.07) is 0. The maximum atomic E-state index is 10.8. The first-order valence-corrected chi connectivity index (χ1v) is 4.72. The van der Waals surface area contributed by atoms with Crippen LogP contribution in [0.4, 0.5) is 0 Å². The van der Waals surface area contributed by atoms with Gasteiger partial charge in [-0.25, -0.2) is 0 Å². The number of carbonyl (C=O) groups excluding carboxylic acids is 1. The molecule has 74 valence electrons. The van der Waals surface area contributed by atoms with Crippen LogP contribution in [0, 0.1) is 0 Å². The van der Waals surface area contributed by atoms with Gasteiger partial charge in [0.25, 0.3) is 0 Å². The average Bonchev–Trinajstić information content (AvgIpc) is 2.17. The molecular formula is C10H15NaO3. The number of carbonyl (C=O) groups is 1. The van der Waals surface area contributed by atoms with Gasteiger partial charge < -0.3 is 14.6 Å². The van der Waals surface area contributed by atoms with Gasteiger partial charge in [-0.05, 0) is 31.3 Å². The van der Waals surface area contributed by atoms with Crippen molar-refractivity contribution in [1.29, 1.82) is 0 Å². The van der Waals surface area contributed by atoms with Crippen LogP contribution in [0.1, 0.15) is 39.5 Å². The number of carboxylic acid groups (broad SMARTS) is 1. The minimum Gasteiger partial charge on any atom is -0.546 e. The van der Waals surface area contributed by atoms with E-state index in [-0.39, 0.29) is 29.6 Å². The van der Waals surface area contributed by atoms with Crippen molar-refractivity contribution in [2.24, 2.45) is 0 Å². The summed E-state index contributed by atoms with van der Waals surface area (Å²) in [4.78, 5) is 10.8. The second-order valence-electron chi connectivity index (χ2n) is 3.38. The van der Waals surface area contributed by atoms with Gasteiger partial charge in [0.2, 0.25) is 0 Å². The van der Waals surface area contributed by atoms with E-state index in [9.17, 15) is 9.90 Å². The quantitative estimate of drug-likeness (QED) is 0.501. The van der Waals surface area contributed by atoms with Crippen LogP contribution in [-0.4, -0.2) is 11.6 Å². The van der Waals surface area contributed by atoms with E-state index in [1.165, 1.54) is 5.57 Å². The topological polar surface area (TPSA) is 49.4 Å². The SMILES string of the molecule is CCC1=COC(CC)(C(=O)[O-])CC1.[Na+]. The van der Waals surface area contributed by atoms with E-state index < -0.39 is 11.6 Å². The molecule has 1 heterocycles. The smallest absolute Gasteiger partial charge is 0.546 e. The number of hydrogen-bond acceptors (Lipinski definition) is 3. The standard InChI is InChI=1S/C10H16O3.Na/c1-3-8-5-6-10(4-2,9(11)12)13-7-8;/h7H,3-6H2,1-2H3,(H,11,12);/q;+1/p-1. The number of aliphatic carboxylic acids is 1. The fourth-order valence-corrected chi connectivity index (χ4v) is 1.49. The molecule has 1 aliphatic heterocycles. The zero-order valence-electron chi connectivity index (χ0n) is 9.13. The molecule has 14 heavy (non-hydrogen) atoms. The van der Waals surface area contributed by atoms with Gasteiger partial charge in [0.15, 0.2) is 0 Å². The molecule has 4 heteroatoms. The van der Waals surface area contributed by atoms with Crippen molar-refractivity contribution in [2.75, 3.05) is 0 Å². The Hall–Kier alpha value is 0.0100. The van der Waals surface area contributed by atoms with Crippen LogP contribution in [0.3, 0.4) is 0 Å². The minimum absolute atomic E-state index is 0. The zero-order valence-corrected chi connectivity index (χ0v) is 11.1. The van der Waals surface area contributed by atoms with Crippen molar-refractivity contribution in [1.82, 2.24) is 0 Å². The molecule has 0 aromatic rings. The molecule has 0 aromatic carbocycles. The van der Waals surface area contributed by atoms with E-state index >= 15 is 0 Å². The van der Waals surface area contributed by atoms with E-state index in [1.54, 1.807) is 13.2 Å². The summed E-state index contributed by atoms with van der Waals surface area (Å²) in [5.41, 5.74) is 0.101. The van der Waals surface area contributed by atoms with Gasteiger partial charge in [-0.2, -0.15) is 0 Å². The first-order valence-electron chi connectivity index (χ1n) is 4.72. The summed E-state index contributed by atoms with van der Waals surface area (Å²) in [6.45, 7) is 3.84. The second-order valence-corrected chi connectivity index (χ2v) is 3.38. The fraction of sp³-hybridized carbons (Fsp3) is 0.700. The number of allylic oxidation sites excluding steroid dienone is 1. The van der Waals surface area contributed by atoms with Crippen LogP contribution in [-0.2, 0) is 9.53 Å². The predicted molar refractivity (Wildman–Crippen MR) is 46.7 cm³/mol. The molecule has 1 rings (SSSR count). The van der Waals surface area contributed by atoms with Gasteiger partial charge in [0, 0.05) is 0 Å². The van der Waals surface area contributed by atoms with E-state index in [4.69, 9.17) is 4.74 Å². The Morgan fingerprint density at radius 2 is 2.29 bits per heavy atom. The Morgan fingerprint density at radius 3 is 2.57 bits per heavy atom. The molecule has 1 unspecified atom stereocenters. The molecule has 0 aromatic heterocycles. The molecule has 0 fully saturated rings. The van der Waals surface area contributed by atoms with Crippen LogP contribution in [0.5, 0.6) is 0 Å². The summed E-state index contributed by atoms with van der Waals surface area (Å²) >= 11 is 0. The molecule has 0 amide bonds. The minimum atomic E-state index is -1.10. The Balaban J connectivity index is 0.00000169. The monoisotopic (exact) mass is 206 g/mol. The summed E-state index contributed by atoms with van der Waals surface area (Å²) in [6.07, 6.45) is 4.31. The van der Waals surface area contributed by atoms with E-state index in [0.29, 0.717) is 12.8 Å². The van der Waals surface area contributed by atoms with Crippen LogP contribution >= 0.6 is 0 Å². The van der Waals surface area contributed by atoms with Crippen molar-refractivity contribution in [2.45, 2.75) is 45.1 Å². The molecule has 0 spiro atoms. The summed E-state index contributed by atoms with van der Waals surface area (Å²) in [7, 11) is 0. The predicted octanol–water partition coefficient (Wildman–Crippen LogP) is -2.01. The molecule has 0 saturated heterocycles. The van der Waals surface area contributed by atoms with Crippen molar-refractivity contribution in [3.63, 3.8) is 0 Å². The van der Waals surface area contributed by atoms with E-state index in [0.717, 1.165) is 12.8 Å². The van der Waals surface area contributed by atoms with Crippen molar-refractivity contribution >= 4 is 5.97 Å². The molecule has 1 aliphatic rings. The maximum Gasteiger partial charge on any atom is 1.00 e. The Kier molecular flexibility index (Phi) is 5.79. The maximum absolute atomic E-state index is 10.8. The number of hydrogen-bond donors (Lipinski definition) is 0. The van der Waals surface area contributed by atoms with E-state index in [1.807, 2.05) is 6.92 Å². The molecular weight excluding hydrogens is 191 g/mol. The van der Waals surface area contributed by atoms with Gasteiger partial charge in [0.1, 0.15) is 5.60 Å². The van der Waals surface area contributed by atoms with Crippen molar-refractivity contribution in [3.05, 3.63) is 11.8 Å². The Labute approximate surface area is 107 Å². The van der Waals surface area contributed by atoms with Gasteiger partial charge in [0.05, 0.1) is 12.2 Å². The van der Waals surface area contributed by atoms with Crippen LogP contribution in [0.15, 0.2) is 11.8 Å². The first kappa shape index (κ1) is 14.0. The van der Waals surface area contributed by atoms with Crippen LogP contribution < -0.4 is 34.7 Å². The van der Waals surface area contributed by atoms with E-state index in [2.05, 4.69) is 0 Å². The van der Waals surface area contributed by atoms with Gasteiger partial charge >= 0.3 is 29.6 Å². The first-order chi connectivity index (χ1) is 6.14. The Bertz CT molecular complexity index is 238. The molecule has 0 aliphatic carbocycles. The summed E-state index contributed by atoms with van der Waals surface area (Å²) < 4.78 is 5.26. The average molecular weight is 206 g/mol. The van der Waals surface area contributed by atoms with Gasteiger partial charge in [-0.3, -0.25) is 0 Å². The fourth-order valence-electron chi connectivity index (χ4n) is 1.49. The normalized spacial score (nSPS) is 25.7.